The molecule has 0 heterocycles. The Morgan fingerprint density at radius 3 is 1.63 bits per heavy atom. The number of halogens is 1. The first-order valence-electron chi connectivity index (χ1n) is 14.3. The summed E-state index contributed by atoms with van der Waals surface area (Å²) in [5, 5.41) is 1.02. The summed E-state index contributed by atoms with van der Waals surface area (Å²) in [7, 11) is 0. The third-order valence-electron chi connectivity index (χ3n) is 6.08. The maximum absolute atomic E-state index is 12.0. The van der Waals surface area contributed by atoms with Crippen LogP contribution in [0.1, 0.15) is 142 Å². The van der Waals surface area contributed by atoms with Crippen LogP contribution < -0.4 is 0 Å². The van der Waals surface area contributed by atoms with Crippen molar-refractivity contribution in [3.8, 4) is 0 Å². The molecule has 206 valence electrons. The van der Waals surface area contributed by atoms with E-state index in [0.717, 1.165) is 56.7 Å². The Kier molecular flexibility index (Phi) is 25.3. The van der Waals surface area contributed by atoms with E-state index < -0.39 is 12.4 Å². The molecule has 0 aromatic rings. The predicted octanol–water partition coefficient (Wildman–Crippen LogP) is 9.80. The maximum atomic E-state index is 12.0. The molecule has 0 aliphatic heterocycles. The van der Waals surface area contributed by atoms with Gasteiger partial charge < -0.3 is 14.2 Å². The Morgan fingerprint density at radius 2 is 1.14 bits per heavy atom. The Morgan fingerprint density at radius 1 is 0.686 bits per heavy atom. The number of hydrogen-bond donors (Lipinski definition) is 0. The van der Waals surface area contributed by atoms with E-state index in [4.69, 9.17) is 14.2 Å². The lowest BCUT2D eigenvalue weighted by molar-refractivity contribution is -0.165. The third kappa shape index (κ3) is 24.4. The summed E-state index contributed by atoms with van der Waals surface area (Å²) in [6.45, 7) is 8.00. The van der Waals surface area contributed by atoms with Crippen LogP contribution in [0.25, 0.3) is 0 Å². The van der Waals surface area contributed by atoms with Gasteiger partial charge in [0.1, 0.15) is 0 Å². The second kappa shape index (κ2) is 26.0. The van der Waals surface area contributed by atoms with Gasteiger partial charge in [-0.2, -0.15) is 0 Å². The largest absolute Gasteiger partial charge is 0.511 e. The molecule has 0 radical (unpaired) electrons. The Balaban J connectivity index is 3.66. The van der Waals surface area contributed by atoms with Crippen molar-refractivity contribution < 1.29 is 23.8 Å². The molecule has 0 saturated heterocycles. The van der Waals surface area contributed by atoms with E-state index in [1.807, 2.05) is 0 Å². The van der Waals surface area contributed by atoms with Gasteiger partial charge in [-0.25, -0.2) is 4.79 Å². The number of carbonyl (C=O) groups excluding carboxylic acids is 2. The van der Waals surface area contributed by atoms with Crippen molar-refractivity contribution in [2.45, 2.75) is 149 Å². The molecule has 0 aliphatic carbocycles. The van der Waals surface area contributed by atoms with E-state index in [0.29, 0.717) is 18.6 Å². The van der Waals surface area contributed by atoms with Crippen LogP contribution in [0.2, 0.25) is 0 Å². The van der Waals surface area contributed by atoms with Crippen molar-refractivity contribution in [1.82, 2.24) is 0 Å². The number of ether oxygens (including phenoxy) is 3. The predicted molar refractivity (Wildman–Crippen MR) is 149 cm³/mol. The SMILES string of the molecule is C=C(C)C(OC(=O)CCCCCCCBr)OC(=O)OCCCCCCCCCCCCCCCC. The monoisotopic (exact) mass is 560 g/mol. The van der Waals surface area contributed by atoms with Crippen LogP contribution in [0.4, 0.5) is 4.79 Å². The number of alkyl halides is 1. The van der Waals surface area contributed by atoms with Gasteiger partial charge in [-0.1, -0.05) is 132 Å². The maximum Gasteiger partial charge on any atom is 0.511 e. The Hall–Kier alpha value is -1.04. The molecule has 0 saturated carbocycles. The molecule has 0 aliphatic rings. The zero-order chi connectivity index (χ0) is 26.0. The van der Waals surface area contributed by atoms with Gasteiger partial charge in [-0.15, -0.1) is 0 Å². The minimum atomic E-state index is -1.08. The van der Waals surface area contributed by atoms with E-state index in [2.05, 4.69) is 29.4 Å². The van der Waals surface area contributed by atoms with Crippen molar-refractivity contribution in [2.24, 2.45) is 0 Å². The van der Waals surface area contributed by atoms with Crippen LogP contribution >= 0.6 is 15.9 Å². The molecule has 0 spiro atoms. The van der Waals surface area contributed by atoms with Gasteiger partial charge in [0.2, 0.25) is 0 Å². The van der Waals surface area contributed by atoms with Crippen LogP contribution in [-0.4, -0.2) is 30.4 Å². The summed E-state index contributed by atoms with van der Waals surface area (Å²) >= 11 is 3.42. The topological polar surface area (TPSA) is 61.8 Å². The Bertz CT molecular complexity index is 523. The molecular weight excluding hydrogens is 508 g/mol. The van der Waals surface area contributed by atoms with Crippen LogP contribution in [0, 0.1) is 0 Å². The van der Waals surface area contributed by atoms with E-state index in [1.165, 1.54) is 70.6 Å². The molecule has 0 aromatic heterocycles. The lowest BCUT2D eigenvalue weighted by Gasteiger charge is -2.18. The molecule has 0 fully saturated rings. The highest BCUT2D eigenvalue weighted by Gasteiger charge is 2.20. The zero-order valence-electron chi connectivity index (χ0n) is 22.8. The van der Waals surface area contributed by atoms with Gasteiger partial charge in [0.05, 0.1) is 6.61 Å². The standard InChI is InChI=1S/C29H53BrO5/c1-4-5-6-7-8-9-10-11-12-13-14-15-19-22-25-33-29(32)35-28(26(2)3)34-27(31)23-20-17-16-18-21-24-30/h28H,2,4-25H2,1,3H3. The first-order chi connectivity index (χ1) is 17.0. The molecule has 5 nitrogen and oxygen atoms in total. The van der Waals surface area contributed by atoms with Crippen molar-refractivity contribution >= 4 is 28.1 Å². The van der Waals surface area contributed by atoms with Gasteiger partial charge in [0, 0.05) is 17.3 Å². The van der Waals surface area contributed by atoms with E-state index in [9.17, 15) is 9.59 Å². The Labute approximate surface area is 224 Å². The minimum absolute atomic E-state index is 0.315. The summed E-state index contributed by atoms with van der Waals surface area (Å²) in [6, 6.07) is 0. The molecule has 0 bridgehead atoms. The van der Waals surface area contributed by atoms with Crippen LogP contribution in [-0.2, 0) is 19.0 Å². The van der Waals surface area contributed by atoms with Crippen molar-refractivity contribution in [3.63, 3.8) is 0 Å². The first-order valence-corrected chi connectivity index (χ1v) is 15.4. The average Bonchev–Trinajstić information content (AvgIpc) is 2.83. The van der Waals surface area contributed by atoms with Crippen molar-refractivity contribution in [3.05, 3.63) is 12.2 Å². The number of hydrogen-bond acceptors (Lipinski definition) is 5. The summed E-state index contributed by atoms with van der Waals surface area (Å²) in [5.74, 6) is -0.377. The first kappa shape index (κ1) is 34.0. The zero-order valence-corrected chi connectivity index (χ0v) is 24.3. The summed E-state index contributed by atoms with van der Waals surface area (Å²) < 4.78 is 15.6. The third-order valence-corrected chi connectivity index (χ3v) is 6.64. The van der Waals surface area contributed by atoms with Crippen molar-refractivity contribution in [1.29, 1.82) is 0 Å². The van der Waals surface area contributed by atoms with E-state index >= 15 is 0 Å². The number of carbonyl (C=O) groups is 2. The van der Waals surface area contributed by atoms with Gasteiger partial charge in [-0.05, 0) is 26.2 Å². The van der Waals surface area contributed by atoms with Crippen LogP contribution in [0.15, 0.2) is 12.2 Å². The van der Waals surface area contributed by atoms with E-state index in [-0.39, 0.29) is 5.97 Å². The minimum Gasteiger partial charge on any atom is -0.434 e. The van der Waals surface area contributed by atoms with Gasteiger partial charge in [0.15, 0.2) is 0 Å². The summed E-state index contributed by atoms with van der Waals surface area (Å²) in [4.78, 5) is 24.0. The van der Waals surface area contributed by atoms with Gasteiger partial charge in [0.25, 0.3) is 6.29 Å². The quantitative estimate of drug-likeness (QED) is 0.0365. The van der Waals surface area contributed by atoms with Crippen LogP contribution in [0.3, 0.4) is 0 Å². The molecule has 1 atom stereocenters. The van der Waals surface area contributed by atoms with E-state index in [1.54, 1.807) is 6.92 Å². The molecule has 0 aromatic carbocycles. The smallest absolute Gasteiger partial charge is 0.434 e. The highest BCUT2D eigenvalue weighted by molar-refractivity contribution is 9.09. The second-order valence-electron chi connectivity index (χ2n) is 9.69. The molecule has 0 amide bonds. The van der Waals surface area contributed by atoms with Crippen LogP contribution in [0.5, 0.6) is 0 Å². The highest BCUT2D eigenvalue weighted by Crippen LogP contribution is 2.14. The molecule has 0 N–H and O–H groups in total. The number of rotatable bonds is 25. The lowest BCUT2D eigenvalue weighted by Crippen LogP contribution is -2.26. The molecule has 6 heteroatoms. The number of esters is 1. The molecular formula is C29H53BrO5. The lowest BCUT2D eigenvalue weighted by atomic mass is 10.0. The average molecular weight is 562 g/mol. The molecule has 35 heavy (non-hydrogen) atoms. The fourth-order valence-electron chi connectivity index (χ4n) is 3.87. The molecule has 0 rings (SSSR count). The number of unbranched alkanes of at least 4 members (excludes halogenated alkanes) is 17. The normalized spacial score (nSPS) is 11.7. The van der Waals surface area contributed by atoms with Crippen molar-refractivity contribution in [2.75, 3.05) is 11.9 Å². The molecule has 1 unspecified atom stereocenters. The summed E-state index contributed by atoms with van der Waals surface area (Å²) in [6.07, 6.45) is 21.5. The second-order valence-corrected chi connectivity index (χ2v) is 10.5. The van der Waals surface area contributed by atoms with Gasteiger partial charge >= 0.3 is 12.1 Å². The summed E-state index contributed by atoms with van der Waals surface area (Å²) in [5.41, 5.74) is 0.462. The fourth-order valence-corrected chi connectivity index (χ4v) is 4.27. The fraction of sp³-hybridized carbons (Fsp3) is 0.862. The van der Waals surface area contributed by atoms with Gasteiger partial charge in [-0.3, -0.25) is 4.79 Å². The highest BCUT2D eigenvalue weighted by atomic mass is 79.9.